The monoisotopic (exact) mass is 286 g/mol. The van der Waals surface area contributed by atoms with Gasteiger partial charge in [0.15, 0.2) is 0 Å². The zero-order chi connectivity index (χ0) is 15.7. The Morgan fingerprint density at radius 1 is 1.24 bits per heavy atom. The number of hydrogen-bond acceptors (Lipinski definition) is 3. The molecule has 0 bridgehead atoms. The predicted molar refractivity (Wildman–Crippen MR) is 83.9 cm³/mol. The van der Waals surface area contributed by atoms with Crippen molar-refractivity contribution in [3.63, 3.8) is 0 Å². The first-order valence-corrected chi connectivity index (χ1v) is 7.06. The molecule has 21 heavy (non-hydrogen) atoms. The number of ether oxygens (including phenoxy) is 1. The Morgan fingerprint density at radius 2 is 1.86 bits per heavy atom. The molecule has 0 radical (unpaired) electrons. The molecule has 0 saturated heterocycles. The molecule has 1 unspecified atom stereocenters. The van der Waals surface area contributed by atoms with E-state index in [2.05, 4.69) is 0 Å². The SMILES string of the molecule is COC1(C(C)(C)C)CC(C=O)=C(c2ccccc2)C=C1O. The molecule has 3 heteroatoms. The van der Waals surface area contributed by atoms with E-state index in [1.807, 2.05) is 51.1 Å². The highest BCUT2D eigenvalue weighted by Crippen LogP contribution is 2.47. The van der Waals surface area contributed by atoms with Crippen LogP contribution in [0.2, 0.25) is 0 Å². The number of aldehydes is 1. The van der Waals surface area contributed by atoms with Crippen LogP contribution in [0.3, 0.4) is 0 Å². The first-order valence-electron chi connectivity index (χ1n) is 7.06. The summed E-state index contributed by atoms with van der Waals surface area (Å²) < 4.78 is 5.66. The van der Waals surface area contributed by atoms with Gasteiger partial charge in [0.1, 0.15) is 17.6 Å². The van der Waals surface area contributed by atoms with Crippen LogP contribution in [0.5, 0.6) is 0 Å². The molecule has 1 aromatic rings. The molecular formula is C18H22O3. The van der Waals surface area contributed by atoms with Gasteiger partial charge in [0.25, 0.3) is 0 Å². The lowest BCUT2D eigenvalue weighted by Crippen LogP contribution is -2.48. The first kappa shape index (κ1) is 15.5. The Kier molecular flexibility index (Phi) is 4.06. The van der Waals surface area contributed by atoms with Gasteiger partial charge in [-0.2, -0.15) is 0 Å². The van der Waals surface area contributed by atoms with Gasteiger partial charge in [0.05, 0.1) is 0 Å². The maximum Gasteiger partial charge on any atom is 0.146 e. The predicted octanol–water partition coefficient (Wildman–Crippen LogP) is 3.92. The van der Waals surface area contributed by atoms with Gasteiger partial charge in [0, 0.05) is 19.1 Å². The van der Waals surface area contributed by atoms with Crippen molar-refractivity contribution in [2.75, 3.05) is 7.11 Å². The van der Waals surface area contributed by atoms with Crippen molar-refractivity contribution in [1.82, 2.24) is 0 Å². The van der Waals surface area contributed by atoms with Crippen LogP contribution in [-0.2, 0) is 9.53 Å². The molecule has 112 valence electrons. The van der Waals surface area contributed by atoms with E-state index in [4.69, 9.17) is 4.74 Å². The molecule has 1 N–H and O–H groups in total. The van der Waals surface area contributed by atoms with Crippen molar-refractivity contribution in [2.45, 2.75) is 32.8 Å². The number of rotatable bonds is 3. The number of benzene rings is 1. The summed E-state index contributed by atoms with van der Waals surface area (Å²) in [5, 5.41) is 10.6. The Labute approximate surface area is 125 Å². The zero-order valence-corrected chi connectivity index (χ0v) is 13.0. The standard InChI is InChI=1S/C18H22O3/c1-17(2,3)18(21-4)11-14(12-19)15(10-16(18)20)13-8-6-5-7-9-13/h5-10,12,20H,11H2,1-4H3. The summed E-state index contributed by atoms with van der Waals surface area (Å²) in [5.41, 5.74) is 1.13. The van der Waals surface area contributed by atoms with Crippen LogP contribution in [0.15, 0.2) is 47.7 Å². The molecule has 2 rings (SSSR count). The Bertz CT molecular complexity index is 591. The molecule has 0 saturated carbocycles. The summed E-state index contributed by atoms with van der Waals surface area (Å²) in [4.78, 5) is 11.6. The summed E-state index contributed by atoms with van der Waals surface area (Å²) >= 11 is 0. The van der Waals surface area contributed by atoms with E-state index in [9.17, 15) is 9.90 Å². The summed E-state index contributed by atoms with van der Waals surface area (Å²) in [6.07, 6.45) is 2.89. The largest absolute Gasteiger partial charge is 0.509 e. The molecule has 3 nitrogen and oxygen atoms in total. The summed E-state index contributed by atoms with van der Waals surface area (Å²) in [6.45, 7) is 5.99. The minimum absolute atomic E-state index is 0.168. The van der Waals surface area contributed by atoms with Gasteiger partial charge in [-0.05, 0) is 22.6 Å². The van der Waals surface area contributed by atoms with E-state index in [-0.39, 0.29) is 11.2 Å². The van der Waals surface area contributed by atoms with Gasteiger partial charge in [-0.15, -0.1) is 0 Å². The lowest BCUT2D eigenvalue weighted by atomic mass is 9.68. The molecule has 1 aliphatic rings. The molecule has 0 spiro atoms. The van der Waals surface area contributed by atoms with Crippen molar-refractivity contribution in [1.29, 1.82) is 0 Å². The third-order valence-corrected chi connectivity index (χ3v) is 4.27. The summed E-state index contributed by atoms with van der Waals surface area (Å²) in [6, 6.07) is 9.61. The maximum absolute atomic E-state index is 11.6. The normalized spacial score (nSPS) is 23.0. The molecule has 0 aliphatic heterocycles. The molecule has 0 aromatic heterocycles. The number of aliphatic hydroxyl groups is 1. The van der Waals surface area contributed by atoms with Gasteiger partial charge in [-0.25, -0.2) is 0 Å². The van der Waals surface area contributed by atoms with Crippen LogP contribution < -0.4 is 0 Å². The second-order valence-corrected chi connectivity index (χ2v) is 6.41. The van der Waals surface area contributed by atoms with Crippen LogP contribution in [0.1, 0.15) is 32.8 Å². The highest BCUT2D eigenvalue weighted by Gasteiger charge is 2.48. The van der Waals surface area contributed by atoms with Gasteiger partial charge < -0.3 is 9.84 Å². The Hall–Kier alpha value is -1.87. The van der Waals surface area contributed by atoms with E-state index in [1.165, 1.54) is 0 Å². The topological polar surface area (TPSA) is 46.5 Å². The second-order valence-electron chi connectivity index (χ2n) is 6.41. The zero-order valence-electron chi connectivity index (χ0n) is 13.0. The van der Waals surface area contributed by atoms with Crippen molar-refractivity contribution < 1.29 is 14.6 Å². The smallest absolute Gasteiger partial charge is 0.146 e. The van der Waals surface area contributed by atoms with E-state index >= 15 is 0 Å². The molecule has 1 aliphatic carbocycles. The third-order valence-electron chi connectivity index (χ3n) is 4.27. The highest BCUT2D eigenvalue weighted by molar-refractivity contribution is 5.93. The fraction of sp³-hybridized carbons (Fsp3) is 0.389. The van der Waals surface area contributed by atoms with Gasteiger partial charge in [0.2, 0.25) is 0 Å². The van der Waals surface area contributed by atoms with E-state index < -0.39 is 5.60 Å². The lowest BCUT2D eigenvalue weighted by molar-refractivity contribution is -0.108. The van der Waals surface area contributed by atoms with E-state index in [0.717, 1.165) is 17.4 Å². The van der Waals surface area contributed by atoms with Crippen LogP contribution in [0.25, 0.3) is 5.57 Å². The number of hydrogen-bond donors (Lipinski definition) is 1. The molecular weight excluding hydrogens is 264 g/mol. The van der Waals surface area contributed by atoms with E-state index in [0.29, 0.717) is 12.0 Å². The molecule has 1 aromatic carbocycles. The summed E-state index contributed by atoms with van der Waals surface area (Å²) in [5.74, 6) is 0.168. The summed E-state index contributed by atoms with van der Waals surface area (Å²) in [7, 11) is 1.57. The van der Waals surface area contributed by atoms with Gasteiger partial charge in [-0.1, -0.05) is 51.1 Å². The first-order chi connectivity index (χ1) is 9.85. The van der Waals surface area contributed by atoms with Crippen molar-refractivity contribution >= 4 is 11.9 Å². The number of allylic oxidation sites excluding steroid dienone is 2. The number of methoxy groups -OCH3 is 1. The maximum atomic E-state index is 11.6. The fourth-order valence-corrected chi connectivity index (χ4v) is 2.92. The molecule has 0 fully saturated rings. The number of carbonyl (C=O) groups is 1. The lowest BCUT2D eigenvalue weighted by Gasteiger charge is -2.45. The average molecular weight is 286 g/mol. The highest BCUT2D eigenvalue weighted by atomic mass is 16.5. The van der Waals surface area contributed by atoms with Crippen LogP contribution in [0.4, 0.5) is 0 Å². The minimum Gasteiger partial charge on any atom is -0.509 e. The number of carbonyl (C=O) groups excluding carboxylic acids is 1. The minimum atomic E-state index is -0.873. The van der Waals surface area contributed by atoms with Crippen LogP contribution >= 0.6 is 0 Å². The Morgan fingerprint density at radius 3 is 2.33 bits per heavy atom. The second kappa shape index (κ2) is 5.49. The van der Waals surface area contributed by atoms with Crippen LogP contribution in [0, 0.1) is 5.41 Å². The Balaban J connectivity index is 2.58. The number of aliphatic hydroxyl groups excluding tert-OH is 1. The molecule has 0 amide bonds. The van der Waals surface area contributed by atoms with Crippen molar-refractivity contribution in [3.05, 3.63) is 53.3 Å². The third kappa shape index (κ3) is 2.54. The average Bonchev–Trinajstić information content (AvgIpc) is 2.46. The van der Waals surface area contributed by atoms with E-state index in [1.54, 1.807) is 13.2 Å². The van der Waals surface area contributed by atoms with Gasteiger partial charge >= 0.3 is 0 Å². The van der Waals surface area contributed by atoms with Crippen molar-refractivity contribution in [2.24, 2.45) is 5.41 Å². The quantitative estimate of drug-likeness (QED) is 0.857. The van der Waals surface area contributed by atoms with Crippen LogP contribution in [-0.4, -0.2) is 24.1 Å². The van der Waals surface area contributed by atoms with Crippen molar-refractivity contribution in [3.8, 4) is 0 Å². The molecule has 0 heterocycles. The van der Waals surface area contributed by atoms with Gasteiger partial charge in [-0.3, -0.25) is 4.79 Å². The fourth-order valence-electron chi connectivity index (χ4n) is 2.92. The molecule has 1 atom stereocenters.